The van der Waals surface area contributed by atoms with Crippen LogP contribution < -0.4 is 36.7 Å². The van der Waals surface area contributed by atoms with Gasteiger partial charge in [0.05, 0.1) is 24.7 Å². The zero-order valence-corrected chi connectivity index (χ0v) is 26.3. The lowest BCUT2D eigenvalue weighted by Gasteiger charge is -2.24. The third kappa shape index (κ3) is 9.05. The Morgan fingerprint density at radius 3 is 2.33 bits per heavy atom. The third-order valence-electron chi connectivity index (χ3n) is 6.57. The largest absolute Gasteiger partial charge is 0.494 e. The van der Waals surface area contributed by atoms with E-state index in [1.165, 1.54) is 18.3 Å². The van der Waals surface area contributed by atoms with Crippen LogP contribution in [-0.4, -0.2) is 33.6 Å². The number of hydrogen-bond acceptors (Lipinski definition) is 8. The number of ether oxygens (including phenoxy) is 1. The molecule has 0 aliphatic carbocycles. The number of hydrazine groups is 1. The first-order valence-electron chi connectivity index (χ1n) is 13.5. The topological polar surface area (TPSA) is 169 Å². The number of benzene rings is 3. The summed E-state index contributed by atoms with van der Waals surface area (Å²) in [7, 11) is -2.02. The molecule has 0 aliphatic heterocycles. The van der Waals surface area contributed by atoms with Crippen molar-refractivity contribution in [3.8, 4) is 5.75 Å². The van der Waals surface area contributed by atoms with E-state index in [0.717, 1.165) is 22.9 Å². The van der Waals surface area contributed by atoms with Crippen LogP contribution in [0.5, 0.6) is 5.75 Å². The first-order valence-corrected chi connectivity index (χ1v) is 15.3. The summed E-state index contributed by atoms with van der Waals surface area (Å²) < 4.78 is 31.6. The number of rotatable bonds is 10. The second-order valence-corrected chi connectivity index (χ2v) is 13.2. The van der Waals surface area contributed by atoms with Gasteiger partial charge in [0.2, 0.25) is 10.0 Å². The minimum absolute atomic E-state index is 0.0170. The van der Waals surface area contributed by atoms with Gasteiger partial charge in [-0.05, 0) is 66.3 Å². The molecule has 43 heavy (non-hydrogen) atoms. The number of amides is 2. The number of carbonyl (C=O) groups is 2. The van der Waals surface area contributed by atoms with Gasteiger partial charge >= 0.3 is 0 Å². The van der Waals surface area contributed by atoms with E-state index < -0.39 is 21.8 Å². The number of carbonyl (C=O) groups excluding carboxylic acids is 2. The predicted octanol–water partition coefficient (Wildman–Crippen LogP) is 4.03. The van der Waals surface area contributed by atoms with Crippen molar-refractivity contribution < 1.29 is 22.7 Å². The number of anilines is 3. The smallest absolute Gasteiger partial charge is 0.273 e. The van der Waals surface area contributed by atoms with Crippen LogP contribution >= 0.6 is 0 Å². The van der Waals surface area contributed by atoms with Crippen molar-refractivity contribution in [1.82, 2.24) is 4.72 Å². The van der Waals surface area contributed by atoms with Crippen molar-refractivity contribution in [2.24, 2.45) is 11.6 Å². The summed E-state index contributed by atoms with van der Waals surface area (Å²) in [4.78, 5) is 26.1. The maximum atomic E-state index is 13.5. The number of methoxy groups -OCH3 is 1. The molecular weight excluding hydrogens is 568 g/mol. The van der Waals surface area contributed by atoms with E-state index in [1.54, 1.807) is 30.3 Å². The second kappa shape index (κ2) is 13.3. The highest BCUT2D eigenvalue weighted by atomic mass is 32.2. The Hall–Kier alpha value is -4.39. The summed E-state index contributed by atoms with van der Waals surface area (Å²) in [6.07, 6.45) is 2.36. The Bertz CT molecular complexity index is 1660. The van der Waals surface area contributed by atoms with Gasteiger partial charge < -0.3 is 21.1 Å². The third-order valence-corrected chi connectivity index (χ3v) is 7.24. The molecule has 0 aromatic heterocycles. The van der Waals surface area contributed by atoms with Gasteiger partial charge in [-0.1, -0.05) is 45.0 Å². The number of aryl methyl sites for hydroxylation is 2. The molecule has 11 nitrogen and oxygen atoms in total. The van der Waals surface area contributed by atoms with Crippen molar-refractivity contribution in [1.29, 1.82) is 0 Å². The molecule has 0 aliphatic rings. The van der Waals surface area contributed by atoms with Crippen LogP contribution in [0.4, 0.5) is 17.1 Å². The standard InChI is InChI=1S/C31H40N6O5S/c1-19-9-8-10-24(13-19)35-30(39)25(32)18-37(33)27-15-21(12-11-20(27)2)29(38)36-26-16-23(31(3,4)5)14-22(28(26)42-6)17-34-43(7,40)41/h8-16,18,34H,17,32-33H2,1-7H3,(H,35,39)(H,36,38)/b25-18-. The fraction of sp³-hybridized carbons (Fsp3) is 0.290. The van der Waals surface area contributed by atoms with Gasteiger partial charge in [-0.2, -0.15) is 0 Å². The summed E-state index contributed by atoms with van der Waals surface area (Å²) in [5.41, 5.74) is 10.5. The lowest BCUT2D eigenvalue weighted by Crippen LogP contribution is -2.30. The van der Waals surface area contributed by atoms with Gasteiger partial charge in [-0.3, -0.25) is 14.6 Å². The molecule has 2 amide bonds. The molecule has 3 aromatic rings. The molecule has 0 saturated heterocycles. The molecule has 0 heterocycles. The minimum atomic E-state index is -3.47. The van der Waals surface area contributed by atoms with E-state index in [2.05, 4.69) is 15.4 Å². The molecule has 3 rings (SSSR count). The maximum absolute atomic E-state index is 13.5. The minimum Gasteiger partial charge on any atom is -0.494 e. The van der Waals surface area contributed by atoms with Crippen LogP contribution in [0.25, 0.3) is 0 Å². The molecule has 230 valence electrons. The molecular formula is C31H40N6O5S. The summed E-state index contributed by atoms with van der Waals surface area (Å²) in [5, 5.41) is 6.82. The summed E-state index contributed by atoms with van der Waals surface area (Å²) >= 11 is 0. The lowest BCUT2D eigenvalue weighted by atomic mass is 9.85. The average molecular weight is 609 g/mol. The second-order valence-electron chi connectivity index (χ2n) is 11.3. The quantitative estimate of drug-likeness (QED) is 0.131. The van der Waals surface area contributed by atoms with Gasteiger partial charge in [0.1, 0.15) is 11.4 Å². The number of nitrogens with one attached hydrogen (secondary N) is 3. The number of nitrogens with zero attached hydrogens (tertiary/aromatic N) is 1. The van der Waals surface area contributed by atoms with Crippen LogP contribution in [-0.2, 0) is 26.8 Å². The fourth-order valence-electron chi connectivity index (χ4n) is 4.22. The highest BCUT2D eigenvalue weighted by Gasteiger charge is 2.22. The Morgan fingerprint density at radius 1 is 1.02 bits per heavy atom. The first-order chi connectivity index (χ1) is 20.0. The average Bonchev–Trinajstić information content (AvgIpc) is 2.90. The molecule has 0 unspecified atom stereocenters. The lowest BCUT2D eigenvalue weighted by molar-refractivity contribution is -0.112. The predicted molar refractivity (Wildman–Crippen MR) is 171 cm³/mol. The van der Waals surface area contributed by atoms with Crippen LogP contribution in [0.1, 0.15) is 53.4 Å². The Kier molecular flexibility index (Phi) is 10.2. The Labute approximate surface area is 253 Å². The number of hydrogen-bond donors (Lipinski definition) is 5. The molecule has 0 atom stereocenters. The highest BCUT2D eigenvalue weighted by molar-refractivity contribution is 7.88. The van der Waals surface area contributed by atoms with E-state index in [-0.39, 0.29) is 23.2 Å². The number of sulfonamides is 1. The van der Waals surface area contributed by atoms with E-state index in [9.17, 15) is 18.0 Å². The highest BCUT2D eigenvalue weighted by Crippen LogP contribution is 2.36. The van der Waals surface area contributed by atoms with Crippen LogP contribution in [0.2, 0.25) is 0 Å². The van der Waals surface area contributed by atoms with E-state index >= 15 is 0 Å². The zero-order valence-electron chi connectivity index (χ0n) is 25.5. The van der Waals surface area contributed by atoms with Crippen LogP contribution in [0, 0.1) is 13.8 Å². The molecule has 12 heteroatoms. The molecule has 3 aromatic carbocycles. The van der Waals surface area contributed by atoms with Gasteiger partial charge in [0, 0.05) is 29.6 Å². The van der Waals surface area contributed by atoms with Gasteiger partial charge in [-0.25, -0.2) is 19.0 Å². The van der Waals surface area contributed by atoms with Crippen LogP contribution in [0.15, 0.2) is 66.5 Å². The normalized spacial score (nSPS) is 12.0. The zero-order chi connectivity index (χ0) is 32.1. The molecule has 0 fully saturated rings. The molecule has 7 N–H and O–H groups in total. The summed E-state index contributed by atoms with van der Waals surface area (Å²) in [6, 6.07) is 15.9. The van der Waals surface area contributed by atoms with E-state index in [0.29, 0.717) is 28.4 Å². The maximum Gasteiger partial charge on any atom is 0.273 e. The monoisotopic (exact) mass is 608 g/mol. The van der Waals surface area contributed by atoms with Crippen LogP contribution in [0.3, 0.4) is 0 Å². The van der Waals surface area contributed by atoms with Gasteiger partial charge in [0.15, 0.2) is 0 Å². The van der Waals surface area contributed by atoms with Gasteiger partial charge in [-0.15, -0.1) is 0 Å². The van der Waals surface area contributed by atoms with Crippen molar-refractivity contribution in [2.45, 2.75) is 46.6 Å². The molecule has 0 radical (unpaired) electrons. The number of nitrogens with two attached hydrogens (primary N) is 2. The van der Waals surface area contributed by atoms with Crippen molar-refractivity contribution in [2.75, 3.05) is 29.0 Å². The Morgan fingerprint density at radius 2 is 1.72 bits per heavy atom. The van der Waals surface area contributed by atoms with Crippen molar-refractivity contribution in [3.63, 3.8) is 0 Å². The summed E-state index contributed by atoms with van der Waals surface area (Å²) in [6.45, 7) is 9.74. The van der Waals surface area contributed by atoms with Gasteiger partial charge in [0.25, 0.3) is 11.8 Å². The molecule has 0 spiro atoms. The fourth-order valence-corrected chi connectivity index (χ4v) is 4.64. The molecule has 0 saturated carbocycles. The summed E-state index contributed by atoms with van der Waals surface area (Å²) in [5.74, 6) is 5.62. The van der Waals surface area contributed by atoms with E-state index in [4.69, 9.17) is 16.3 Å². The van der Waals surface area contributed by atoms with Crippen molar-refractivity contribution >= 4 is 38.9 Å². The van der Waals surface area contributed by atoms with E-state index in [1.807, 2.05) is 58.9 Å². The Balaban J connectivity index is 1.90. The SMILES string of the molecule is COc1c(CNS(C)(=O)=O)cc(C(C)(C)C)cc1NC(=O)c1ccc(C)c(N(N)/C=C(\N)C(=O)Nc2cccc(C)c2)c1. The van der Waals surface area contributed by atoms with Crippen molar-refractivity contribution in [3.05, 3.63) is 94.3 Å². The molecule has 0 bridgehead atoms. The first kappa shape index (κ1) is 33.1.